The van der Waals surface area contributed by atoms with Crippen LogP contribution in [0.3, 0.4) is 0 Å². The highest BCUT2D eigenvalue weighted by Crippen LogP contribution is 2.42. The topological polar surface area (TPSA) is 46.2 Å². The molecule has 3 heteroatoms. The SMILES string of the molecule is C.C.CC.O=C1Cc2cccc3c2C1CCC3.O=C1Nc2cccc3c2C1CCC3. The summed E-state index contributed by atoms with van der Waals surface area (Å²) in [6.45, 7) is 4.00. The molecular weight excluding hydrogens is 370 g/mol. The summed E-state index contributed by atoms with van der Waals surface area (Å²) in [5, 5.41) is 2.94. The van der Waals surface area contributed by atoms with Gasteiger partial charge in [-0.3, -0.25) is 9.59 Å². The highest BCUT2D eigenvalue weighted by atomic mass is 16.2. The van der Waals surface area contributed by atoms with Gasteiger partial charge in [0.15, 0.2) is 0 Å². The van der Waals surface area contributed by atoms with Crippen molar-refractivity contribution < 1.29 is 9.59 Å². The molecule has 1 amide bonds. The molecule has 0 saturated carbocycles. The van der Waals surface area contributed by atoms with Crippen LogP contribution in [0.15, 0.2) is 36.4 Å². The number of ketones is 1. The van der Waals surface area contributed by atoms with Crippen LogP contribution in [0.4, 0.5) is 5.69 Å². The highest BCUT2D eigenvalue weighted by molar-refractivity contribution is 6.03. The van der Waals surface area contributed by atoms with E-state index in [0.29, 0.717) is 12.2 Å². The highest BCUT2D eigenvalue weighted by Gasteiger charge is 2.35. The number of benzene rings is 2. The van der Waals surface area contributed by atoms with E-state index in [-0.39, 0.29) is 32.6 Å². The molecule has 2 unspecified atom stereocenters. The Morgan fingerprint density at radius 3 is 2.03 bits per heavy atom. The van der Waals surface area contributed by atoms with Crippen molar-refractivity contribution in [3.63, 3.8) is 0 Å². The molecular formula is C27H37NO2. The Kier molecular flexibility index (Phi) is 8.00. The second kappa shape index (κ2) is 10.1. The van der Waals surface area contributed by atoms with E-state index < -0.39 is 0 Å². The summed E-state index contributed by atoms with van der Waals surface area (Å²) in [6.07, 6.45) is 7.44. The molecule has 0 saturated heterocycles. The Morgan fingerprint density at radius 1 is 0.767 bits per heavy atom. The third kappa shape index (κ3) is 4.08. The van der Waals surface area contributed by atoms with Crippen molar-refractivity contribution in [3.8, 4) is 0 Å². The van der Waals surface area contributed by atoms with Crippen LogP contribution < -0.4 is 5.32 Å². The first-order chi connectivity index (χ1) is 13.7. The van der Waals surface area contributed by atoms with Crippen molar-refractivity contribution in [1.29, 1.82) is 0 Å². The molecule has 1 N–H and O–H groups in total. The molecule has 1 aliphatic heterocycles. The first-order valence-corrected chi connectivity index (χ1v) is 10.8. The van der Waals surface area contributed by atoms with Crippen LogP contribution in [0.2, 0.25) is 0 Å². The van der Waals surface area contributed by atoms with Gasteiger partial charge in [0.1, 0.15) is 5.78 Å². The fourth-order valence-electron chi connectivity index (χ4n) is 5.23. The number of aryl methyl sites for hydroxylation is 2. The lowest BCUT2D eigenvalue weighted by Crippen LogP contribution is -2.15. The quantitative estimate of drug-likeness (QED) is 0.535. The van der Waals surface area contributed by atoms with Crippen molar-refractivity contribution in [3.05, 3.63) is 64.2 Å². The Bertz CT molecular complexity index is 840. The zero-order valence-electron chi connectivity index (χ0n) is 16.9. The van der Waals surface area contributed by atoms with E-state index in [0.717, 1.165) is 31.4 Å². The van der Waals surface area contributed by atoms with Crippen molar-refractivity contribution in [2.75, 3.05) is 5.32 Å². The third-order valence-electron chi connectivity index (χ3n) is 6.39. The molecule has 30 heavy (non-hydrogen) atoms. The van der Waals surface area contributed by atoms with Gasteiger partial charge in [-0.25, -0.2) is 0 Å². The van der Waals surface area contributed by atoms with Gasteiger partial charge in [0.25, 0.3) is 0 Å². The van der Waals surface area contributed by atoms with Crippen LogP contribution in [-0.4, -0.2) is 11.7 Å². The van der Waals surface area contributed by atoms with Gasteiger partial charge in [-0.2, -0.15) is 0 Å². The number of nitrogens with one attached hydrogen (secondary N) is 1. The number of Topliss-reactive ketones (excluding diaryl/α,β-unsaturated/α-hetero) is 1. The fraction of sp³-hybridized carbons (Fsp3) is 0.481. The predicted octanol–water partition coefficient (Wildman–Crippen LogP) is 6.59. The van der Waals surface area contributed by atoms with E-state index in [1.807, 2.05) is 26.0 Å². The number of hydrogen-bond acceptors (Lipinski definition) is 2. The maximum absolute atomic E-state index is 11.6. The summed E-state index contributed by atoms with van der Waals surface area (Å²) in [5.41, 5.74) is 7.81. The van der Waals surface area contributed by atoms with E-state index in [1.54, 1.807) is 0 Å². The number of carbonyl (C=O) groups is 2. The Labute approximate surface area is 182 Å². The predicted molar refractivity (Wildman–Crippen MR) is 126 cm³/mol. The summed E-state index contributed by atoms with van der Waals surface area (Å²) in [7, 11) is 0. The molecule has 0 fully saturated rings. The number of carbonyl (C=O) groups excluding carboxylic acids is 2. The van der Waals surface area contributed by atoms with E-state index in [4.69, 9.17) is 0 Å². The molecule has 3 nitrogen and oxygen atoms in total. The summed E-state index contributed by atoms with van der Waals surface area (Å²) in [4.78, 5) is 23.2. The van der Waals surface area contributed by atoms with E-state index in [2.05, 4.69) is 29.6 Å². The van der Waals surface area contributed by atoms with Crippen molar-refractivity contribution >= 4 is 17.4 Å². The third-order valence-corrected chi connectivity index (χ3v) is 6.39. The molecule has 0 radical (unpaired) electrons. The Morgan fingerprint density at radius 2 is 1.33 bits per heavy atom. The van der Waals surface area contributed by atoms with Gasteiger partial charge >= 0.3 is 0 Å². The van der Waals surface area contributed by atoms with Crippen LogP contribution in [0.5, 0.6) is 0 Å². The minimum atomic E-state index is 0. The fourth-order valence-corrected chi connectivity index (χ4v) is 5.23. The van der Waals surface area contributed by atoms with Gasteiger partial charge in [0.05, 0.1) is 5.92 Å². The molecule has 2 aromatic rings. The standard InChI is InChI=1S/C12H12O.C11H11NO.C2H6.2CH4/c13-11-7-9-5-1-3-8-4-2-6-10(11)12(8)9;13-11-8-5-1-3-7-4-2-6-9(12-11)10(7)8;1-2;;/h1,3,5,10H,2,4,6-7H2;2,4,6,8H,1,3,5H2,(H,12,13);1-2H3;2*1H4. The average molecular weight is 408 g/mol. The van der Waals surface area contributed by atoms with Crippen LogP contribution in [0, 0.1) is 0 Å². The Balaban J connectivity index is 0.000000186. The Hall–Kier alpha value is -2.42. The lowest BCUT2D eigenvalue weighted by atomic mass is 9.84. The summed E-state index contributed by atoms with van der Waals surface area (Å²) < 4.78 is 0. The van der Waals surface area contributed by atoms with Gasteiger partial charge in [-0.15, -0.1) is 0 Å². The number of amides is 1. The molecule has 3 aliphatic carbocycles. The van der Waals surface area contributed by atoms with E-state index in [9.17, 15) is 9.59 Å². The summed E-state index contributed by atoms with van der Waals surface area (Å²) in [6, 6.07) is 12.6. The van der Waals surface area contributed by atoms with Crippen LogP contribution in [-0.2, 0) is 28.9 Å². The monoisotopic (exact) mass is 407 g/mol. The maximum atomic E-state index is 11.6. The smallest absolute Gasteiger partial charge is 0.232 e. The second-order valence-corrected chi connectivity index (χ2v) is 7.89. The van der Waals surface area contributed by atoms with Crippen LogP contribution >= 0.6 is 0 Å². The van der Waals surface area contributed by atoms with Crippen molar-refractivity contribution in [2.45, 2.75) is 85.5 Å². The van der Waals surface area contributed by atoms with Gasteiger partial charge in [0.2, 0.25) is 5.91 Å². The zero-order valence-corrected chi connectivity index (χ0v) is 16.9. The minimum Gasteiger partial charge on any atom is -0.325 e. The normalized spacial score (nSPS) is 21.3. The molecule has 0 spiro atoms. The molecule has 4 aliphatic rings. The zero-order chi connectivity index (χ0) is 19.7. The first kappa shape index (κ1) is 23.9. The first-order valence-electron chi connectivity index (χ1n) is 10.8. The van der Waals surface area contributed by atoms with Crippen LogP contribution in [0.25, 0.3) is 0 Å². The van der Waals surface area contributed by atoms with Gasteiger partial charge < -0.3 is 5.32 Å². The van der Waals surface area contributed by atoms with Gasteiger partial charge in [-0.1, -0.05) is 59.0 Å². The molecule has 0 bridgehead atoms. The molecule has 1 heterocycles. The molecule has 2 atom stereocenters. The lowest BCUT2D eigenvalue weighted by Gasteiger charge is -2.20. The molecule has 0 aromatic heterocycles. The van der Waals surface area contributed by atoms with E-state index >= 15 is 0 Å². The number of rotatable bonds is 0. The molecule has 6 rings (SSSR count). The summed E-state index contributed by atoms with van der Waals surface area (Å²) >= 11 is 0. The number of hydrogen-bond donors (Lipinski definition) is 1. The van der Waals surface area contributed by atoms with Crippen LogP contribution in [0.1, 0.15) is 94.0 Å². The van der Waals surface area contributed by atoms with Crippen molar-refractivity contribution in [2.24, 2.45) is 0 Å². The minimum absolute atomic E-state index is 0. The number of anilines is 1. The lowest BCUT2D eigenvalue weighted by molar-refractivity contribution is -0.119. The molecule has 2 aromatic carbocycles. The van der Waals surface area contributed by atoms with Gasteiger partial charge in [0, 0.05) is 18.0 Å². The second-order valence-electron chi connectivity index (χ2n) is 7.89. The average Bonchev–Trinajstić information content (AvgIpc) is 3.24. The molecule has 162 valence electrons. The largest absolute Gasteiger partial charge is 0.325 e. The maximum Gasteiger partial charge on any atom is 0.232 e. The summed E-state index contributed by atoms with van der Waals surface area (Å²) in [5.74, 6) is 1.06. The van der Waals surface area contributed by atoms with Crippen molar-refractivity contribution in [1.82, 2.24) is 0 Å². The van der Waals surface area contributed by atoms with Gasteiger partial charge in [-0.05, 0) is 72.4 Å². The van der Waals surface area contributed by atoms with E-state index in [1.165, 1.54) is 40.7 Å².